The Morgan fingerprint density at radius 1 is 1.30 bits per heavy atom. The lowest BCUT2D eigenvalue weighted by Crippen LogP contribution is -2.01. The van der Waals surface area contributed by atoms with Gasteiger partial charge >= 0.3 is 0 Å². The first kappa shape index (κ1) is 14.4. The number of ether oxygens (including phenoxy) is 2. The number of nitrogens with zero attached hydrogens (tertiary/aromatic N) is 1. The molecular weight excluding hydrogens is 258 g/mol. The molecule has 20 heavy (non-hydrogen) atoms. The summed E-state index contributed by atoms with van der Waals surface area (Å²) >= 11 is 0. The van der Waals surface area contributed by atoms with E-state index in [0.717, 1.165) is 22.6 Å². The average Bonchev–Trinajstić information content (AvgIpc) is 2.75. The Morgan fingerprint density at radius 2 is 2.05 bits per heavy atom. The largest absolute Gasteiger partial charge is 0.493 e. The molecule has 1 aromatic carbocycles. The van der Waals surface area contributed by atoms with Crippen LogP contribution in [0.4, 0.5) is 0 Å². The molecule has 0 radical (unpaired) electrons. The maximum Gasteiger partial charge on any atom is 0.161 e. The van der Waals surface area contributed by atoms with Gasteiger partial charge in [0.15, 0.2) is 11.5 Å². The molecule has 2 rings (SSSR count). The van der Waals surface area contributed by atoms with Crippen molar-refractivity contribution in [2.45, 2.75) is 33.5 Å². The number of methoxy groups -OCH3 is 1. The highest BCUT2D eigenvalue weighted by molar-refractivity contribution is 5.43. The monoisotopic (exact) mass is 277 g/mol. The first-order valence-electron chi connectivity index (χ1n) is 6.43. The molecule has 0 aliphatic rings. The van der Waals surface area contributed by atoms with Gasteiger partial charge in [-0.15, -0.1) is 0 Å². The predicted molar refractivity (Wildman–Crippen MR) is 73.9 cm³/mol. The highest BCUT2D eigenvalue weighted by atomic mass is 16.5. The highest BCUT2D eigenvalue weighted by Gasteiger charge is 2.12. The van der Waals surface area contributed by atoms with Gasteiger partial charge in [0.25, 0.3) is 0 Å². The summed E-state index contributed by atoms with van der Waals surface area (Å²) in [7, 11) is 1.57. The second-order valence-corrected chi connectivity index (χ2v) is 4.68. The number of aryl methyl sites for hydroxylation is 2. The molecule has 0 bridgehead atoms. The molecule has 5 nitrogen and oxygen atoms in total. The van der Waals surface area contributed by atoms with Gasteiger partial charge in [-0.2, -0.15) is 0 Å². The molecule has 0 unspecified atom stereocenters. The normalized spacial score (nSPS) is 12.2. The maximum atomic E-state index is 9.57. The maximum absolute atomic E-state index is 9.57. The first-order chi connectivity index (χ1) is 9.52. The average molecular weight is 277 g/mol. The zero-order valence-electron chi connectivity index (χ0n) is 12.1. The van der Waals surface area contributed by atoms with Crippen molar-refractivity contribution < 1.29 is 19.1 Å². The Bertz CT molecular complexity index is 570. The molecular formula is C15H19NO4. The molecule has 108 valence electrons. The fourth-order valence-corrected chi connectivity index (χ4v) is 1.92. The third kappa shape index (κ3) is 2.93. The Labute approximate surface area is 118 Å². The van der Waals surface area contributed by atoms with Crippen LogP contribution < -0.4 is 9.47 Å². The lowest BCUT2D eigenvalue weighted by Gasteiger charge is -2.13. The molecule has 0 aliphatic carbocycles. The van der Waals surface area contributed by atoms with Crippen molar-refractivity contribution in [2.75, 3.05) is 7.11 Å². The van der Waals surface area contributed by atoms with E-state index >= 15 is 0 Å². The minimum Gasteiger partial charge on any atom is -0.493 e. The van der Waals surface area contributed by atoms with Crippen LogP contribution in [0.1, 0.15) is 35.6 Å². The van der Waals surface area contributed by atoms with Gasteiger partial charge in [0.1, 0.15) is 12.4 Å². The predicted octanol–water partition coefficient (Wildman–Crippen LogP) is 2.93. The summed E-state index contributed by atoms with van der Waals surface area (Å²) in [6.07, 6.45) is -0.541. The van der Waals surface area contributed by atoms with E-state index in [2.05, 4.69) is 5.16 Å². The fraction of sp³-hybridized carbons (Fsp3) is 0.400. The van der Waals surface area contributed by atoms with Crippen LogP contribution in [0, 0.1) is 13.8 Å². The summed E-state index contributed by atoms with van der Waals surface area (Å²) in [5, 5.41) is 13.5. The van der Waals surface area contributed by atoms with Crippen LogP contribution in [0.2, 0.25) is 0 Å². The number of hydrogen-bond donors (Lipinski definition) is 1. The quantitative estimate of drug-likeness (QED) is 0.910. The molecule has 1 heterocycles. The Balaban J connectivity index is 2.17. The van der Waals surface area contributed by atoms with Crippen molar-refractivity contribution >= 4 is 0 Å². The second-order valence-electron chi connectivity index (χ2n) is 4.68. The smallest absolute Gasteiger partial charge is 0.161 e. The van der Waals surface area contributed by atoms with Crippen LogP contribution in [0.15, 0.2) is 22.7 Å². The minimum absolute atomic E-state index is 0.367. The molecule has 1 aromatic heterocycles. The summed E-state index contributed by atoms with van der Waals surface area (Å²) < 4.78 is 16.2. The van der Waals surface area contributed by atoms with Crippen LogP contribution in [0.5, 0.6) is 11.5 Å². The third-order valence-electron chi connectivity index (χ3n) is 3.22. The molecule has 0 amide bonds. The van der Waals surface area contributed by atoms with Gasteiger partial charge in [0.05, 0.1) is 24.5 Å². The molecule has 1 N–H and O–H groups in total. The SMILES string of the molecule is COc1cc([C@H](C)O)ccc1OCc1c(C)noc1C. The Hall–Kier alpha value is -2.01. The van der Waals surface area contributed by atoms with Crippen molar-refractivity contribution in [1.82, 2.24) is 5.16 Å². The third-order valence-corrected chi connectivity index (χ3v) is 3.22. The van der Waals surface area contributed by atoms with Gasteiger partial charge in [0.2, 0.25) is 0 Å². The number of hydrogen-bond acceptors (Lipinski definition) is 5. The van der Waals surface area contributed by atoms with E-state index in [1.54, 1.807) is 26.2 Å². The van der Waals surface area contributed by atoms with Crippen molar-refractivity contribution in [3.05, 3.63) is 40.8 Å². The van der Waals surface area contributed by atoms with Crippen molar-refractivity contribution in [3.63, 3.8) is 0 Å². The van der Waals surface area contributed by atoms with Crippen molar-refractivity contribution in [1.29, 1.82) is 0 Å². The van der Waals surface area contributed by atoms with E-state index < -0.39 is 6.10 Å². The van der Waals surface area contributed by atoms with Crippen LogP contribution >= 0.6 is 0 Å². The van der Waals surface area contributed by atoms with E-state index in [0.29, 0.717) is 18.1 Å². The van der Waals surface area contributed by atoms with E-state index in [-0.39, 0.29) is 0 Å². The summed E-state index contributed by atoms with van der Waals surface area (Å²) in [4.78, 5) is 0. The number of benzene rings is 1. The summed E-state index contributed by atoms with van der Waals surface area (Å²) in [5.41, 5.74) is 2.54. The molecule has 0 saturated carbocycles. The van der Waals surface area contributed by atoms with E-state index in [4.69, 9.17) is 14.0 Å². The standard InChI is InChI=1S/C15H19NO4/c1-9-13(11(3)20-16-9)8-19-14-6-5-12(10(2)17)7-15(14)18-4/h5-7,10,17H,8H2,1-4H3/t10-/m0/s1. The highest BCUT2D eigenvalue weighted by Crippen LogP contribution is 2.31. The molecule has 0 fully saturated rings. The summed E-state index contributed by atoms with van der Waals surface area (Å²) in [5.74, 6) is 1.97. The van der Waals surface area contributed by atoms with Gasteiger partial charge in [-0.25, -0.2) is 0 Å². The molecule has 1 atom stereocenters. The lowest BCUT2D eigenvalue weighted by atomic mass is 10.1. The van der Waals surface area contributed by atoms with E-state index in [1.165, 1.54) is 0 Å². The van der Waals surface area contributed by atoms with Gasteiger partial charge < -0.3 is 19.1 Å². The van der Waals surface area contributed by atoms with Gasteiger partial charge in [-0.05, 0) is 38.5 Å². The Morgan fingerprint density at radius 3 is 2.60 bits per heavy atom. The van der Waals surface area contributed by atoms with Gasteiger partial charge in [-0.3, -0.25) is 0 Å². The molecule has 0 spiro atoms. The number of aliphatic hydroxyl groups excluding tert-OH is 1. The topological polar surface area (TPSA) is 64.7 Å². The van der Waals surface area contributed by atoms with Crippen LogP contribution in [-0.4, -0.2) is 17.4 Å². The summed E-state index contributed by atoms with van der Waals surface area (Å²) in [6, 6.07) is 5.38. The fourth-order valence-electron chi connectivity index (χ4n) is 1.92. The summed E-state index contributed by atoms with van der Waals surface area (Å²) in [6.45, 7) is 5.81. The molecule has 0 aliphatic heterocycles. The van der Waals surface area contributed by atoms with Crippen molar-refractivity contribution in [2.24, 2.45) is 0 Å². The number of rotatable bonds is 5. The lowest BCUT2D eigenvalue weighted by molar-refractivity contribution is 0.198. The molecule has 0 saturated heterocycles. The molecule has 5 heteroatoms. The zero-order chi connectivity index (χ0) is 14.7. The first-order valence-corrected chi connectivity index (χ1v) is 6.43. The number of aromatic nitrogens is 1. The molecule has 2 aromatic rings. The minimum atomic E-state index is -0.541. The van der Waals surface area contributed by atoms with Crippen LogP contribution in [-0.2, 0) is 6.61 Å². The van der Waals surface area contributed by atoms with Crippen LogP contribution in [0.3, 0.4) is 0 Å². The zero-order valence-corrected chi connectivity index (χ0v) is 12.1. The Kier molecular flexibility index (Phi) is 4.29. The van der Waals surface area contributed by atoms with Gasteiger partial charge in [0, 0.05) is 0 Å². The van der Waals surface area contributed by atoms with Crippen LogP contribution in [0.25, 0.3) is 0 Å². The van der Waals surface area contributed by atoms with Gasteiger partial charge in [-0.1, -0.05) is 11.2 Å². The van der Waals surface area contributed by atoms with E-state index in [9.17, 15) is 5.11 Å². The van der Waals surface area contributed by atoms with Crippen molar-refractivity contribution in [3.8, 4) is 11.5 Å². The number of aliphatic hydroxyl groups is 1. The second kappa shape index (κ2) is 5.96. The van der Waals surface area contributed by atoms with E-state index in [1.807, 2.05) is 19.9 Å².